The van der Waals surface area contributed by atoms with Gasteiger partial charge in [0.15, 0.2) is 0 Å². The van der Waals surface area contributed by atoms with Crippen molar-refractivity contribution < 1.29 is 14.3 Å². The number of rotatable bonds is 3. The number of hydrogen-bond acceptors (Lipinski definition) is 4. The molecule has 122 valence electrons. The van der Waals surface area contributed by atoms with Crippen molar-refractivity contribution in [2.45, 2.75) is 32.4 Å². The van der Waals surface area contributed by atoms with E-state index in [0.717, 1.165) is 5.56 Å². The van der Waals surface area contributed by atoms with E-state index in [9.17, 15) is 9.59 Å². The second kappa shape index (κ2) is 6.91. The third-order valence-electron chi connectivity index (χ3n) is 4.16. The van der Waals surface area contributed by atoms with E-state index in [1.54, 1.807) is 4.90 Å². The molecule has 2 aliphatic heterocycles. The Labute approximate surface area is 135 Å². The molecule has 1 saturated heterocycles. The molecular weight excluding hydrogens is 294 g/mol. The first kappa shape index (κ1) is 15.7. The molecule has 0 aromatic heterocycles. The first-order valence-electron chi connectivity index (χ1n) is 7.95. The molecule has 0 radical (unpaired) electrons. The van der Waals surface area contributed by atoms with Crippen molar-refractivity contribution in [3.05, 3.63) is 35.9 Å². The second-order valence-corrected chi connectivity index (χ2v) is 5.91. The minimum Gasteiger partial charge on any atom is -0.377 e. The van der Waals surface area contributed by atoms with Gasteiger partial charge < -0.3 is 9.64 Å². The Balaban J connectivity index is 1.75. The van der Waals surface area contributed by atoms with Crippen LogP contribution in [0.3, 0.4) is 0 Å². The number of hydrogen-bond donors (Lipinski definition) is 0. The molecular formula is C17H21N3O3. The van der Waals surface area contributed by atoms with Gasteiger partial charge in [-0.2, -0.15) is 5.10 Å². The standard InChI is InChI=1S/C17H21N3O3/c1-13-12-23-10-9-19(13)17(22)15-7-8-16(21)20(18-15)11-14-5-3-2-4-6-14/h2-6,13H,7-12H2,1H3/t13-/m1/s1. The molecule has 6 heteroatoms. The van der Waals surface area contributed by atoms with Gasteiger partial charge in [0.2, 0.25) is 5.91 Å². The molecule has 0 bridgehead atoms. The van der Waals surface area contributed by atoms with Gasteiger partial charge in [-0.25, -0.2) is 5.01 Å². The summed E-state index contributed by atoms with van der Waals surface area (Å²) in [6.45, 7) is 4.04. The van der Waals surface area contributed by atoms with E-state index in [2.05, 4.69) is 5.10 Å². The van der Waals surface area contributed by atoms with Crippen LogP contribution in [0.1, 0.15) is 25.3 Å². The molecule has 1 atom stereocenters. The van der Waals surface area contributed by atoms with Crippen LogP contribution < -0.4 is 0 Å². The molecule has 6 nitrogen and oxygen atoms in total. The summed E-state index contributed by atoms with van der Waals surface area (Å²) in [5.41, 5.74) is 1.47. The lowest BCUT2D eigenvalue weighted by atomic mass is 10.1. The average Bonchev–Trinajstić information content (AvgIpc) is 2.58. The number of amides is 2. The summed E-state index contributed by atoms with van der Waals surface area (Å²) in [4.78, 5) is 26.5. The van der Waals surface area contributed by atoms with Crippen LogP contribution in [-0.2, 0) is 20.9 Å². The minimum absolute atomic E-state index is 0.0409. The Hall–Kier alpha value is -2.21. The molecule has 2 aliphatic rings. The van der Waals surface area contributed by atoms with E-state index in [0.29, 0.717) is 44.9 Å². The number of carbonyl (C=O) groups excluding carboxylic acids is 2. The number of benzene rings is 1. The maximum absolute atomic E-state index is 12.7. The van der Waals surface area contributed by atoms with Crippen LogP contribution in [0.5, 0.6) is 0 Å². The Morgan fingerprint density at radius 1 is 1.30 bits per heavy atom. The van der Waals surface area contributed by atoms with Crippen molar-refractivity contribution in [2.24, 2.45) is 5.10 Å². The van der Waals surface area contributed by atoms with Crippen molar-refractivity contribution in [2.75, 3.05) is 19.8 Å². The highest BCUT2D eigenvalue weighted by molar-refractivity contribution is 6.39. The minimum atomic E-state index is -0.0774. The van der Waals surface area contributed by atoms with E-state index in [-0.39, 0.29) is 17.9 Å². The molecule has 1 aromatic rings. The van der Waals surface area contributed by atoms with Gasteiger partial charge in [-0.05, 0) is 12.5 Å². The van der Waals surface area contributed by atoms with E-state index < -0.39 is 0 Å². The summed E-state index contributed by atoms with van der Waals surface area (Å²) in [5, 5.41) is 5.75. The van der Waals surface area contributed by atoms with Crippen molar-refractivity contribution in [1.82, 2.24) is 9.91 Å². The Bertz CT molecular complexity index is 615. The topological polar surface area (TPSA) is 62.2 Å². The van der Waals surface area contributed by atoms with Crippen LogP contribution in [0.2, 0.25) is 0 Å². The summed E-state index contributed by atoms with van der Waals surface area (Å²) < 4.78 is 5.37. The molecule has 0 saturated carbocycles. The van der Waals surface area contributed by atoms with Gasteiger partial charge in [0.05, 0.1) is 25.8 Å². The van der Waals surface area contributed by atoms with Gasteiger partial charge in [-0.15, -0.1) is 0 Å². The highest BCUT2D eigenvalue weighted by atomic mass is 16.5. The monoisotopic (exact) mass is 315 g/mol. The summed E-state index contributed by atoms with van der Waals surface area (Å²) >= 11 is 0. The molecule has 2 heterocycles. The fourth-order valence-electron chi connectivity index (χ4n) is 2.83. The molecule has 1 aromatic carbocycles. The smallest absolute Gasteiger partial charge is 0.270 e. The second-order valence-electron chi connectivity index (χ2n) is 5.91. The fraction of sp³-hybridized carbons (Fsp3) is 0.471. The van der Waals surface area contributed by atoms with Gasteiger partial charge in [0, 0.05) is 19.4 Å². The number of morpholine rings is 1. The van der Waals surface area contributed by atoms with Crippen molar-refractivity contribution in [3.8, 4) is 0 Å². The van der Waals surface area contributed by atoms with Crippen molar-refractivity contribution in [3.63, 3.8) is 0 Å². The Morgan fingerprint density at radius 2 is 2.09 bits per heavy atom. The zero-order chi connectivity index (χ0) is 16.2. The molecule has 23 heavy (non-hydrogen) atoms. The highest BCUT2D eigenvalue weighted by Gasteiger charge is 2.31. The van der Waals surface area contributed by atoms with Gasteiger partial charge in [0.1, 0.15) is 5.71 Å². The average molecular weight is 315 g/mol. The van der Waals surface area contributed by atoms with Crippen LogP contribution in [0, 0.1) is 0 Å². The van der Waals surface area contributed by atoms with Crippen LogP contribution in [0.15, 0.2) is 35.4 Å². The quantitative estimate of drug-likeness (QED) is 0.847. The third-order valence-corrected chi connectivity index (χ3v) is 4.16. The van der Waals surface area contributed by atoms with Gasteiger partial charge in [-0.1, -0.05) is 30.3 Å². The maximum atomic E-state index is 12.7. The van der Waals surface area contributed by atoms with E-state index >= 15 is 0 Å². The first-order chi connectivity index (χ1) is 11.1. The molecule has 3 rings (SSSR count). The van der Waals surface area contributed by atoms with Crippen LogP contribution in [0.25, 0.3) is 0 Å². The van der Waals surface area contributed by atoms with Crippen molar-refractivity contribution >= 4 is 17.5 Å². The van der Waals surface area contributed by atoms with E-state index in [1.165, 1.54) is 5.01 Å². The number of ether oxygens (including phenoxy) is 1. The maximum Gasteiger partial charge on any atom is 0.270 e. The summed E-state index contributed by atoms with van der Waals surface area (Å²) in [5.74, 6) is -0.119. The molecule has 0 spiro atoms. The molecule has 0 N–H and O–H groups in total. The van der Waals surface area contributed by atoms with Crippen LogP contribution in [-0.4, -0.2) is 53.2 Å². The number of carbonyl (C=O) groups is 2. The van der Waals surface area contributed by atoms with Crippen LogP contribution in [0.4, 0.5) is 0 Å². The Kier molecular flexibility index (Phi) is 4.71. The normalized spacial score (nSPS) is 22.0. The fourth-order valence-corrected chi connectivity index (χ4v) is 2.83. The summed E-state index contributed by atoms with van der Waals surface area (Å²) in [6, 6.07) is 9.72. The zero-order valence-electron chi connectivity index (χ0n) is 13.3. The lowest BCUT2D eigenvalue weighted by Crippen LogP contribution is -2.50. The summed E-state index contributed by atoms with van der Waals surface area (Å²) in [7, 11) is 0. The van der Waals surface area contributed by atoms with Crippen molar-refractivity contribution in [1.29, 1.82) is 0 Å². The van der Waals surface area contributed by atoms with Gasteiger partial charge in [0.25, 0.3) is 5.91 Å². The molecule has 0 aliphatic carbocycles. The number of hydrazone groups is 1. The van der Waals surface area contributed by atoms with E-state index in [4.69, 9.17) is 4.74 Å². The lowest BCUT2D eigenvalue weighted by Gasteiger charge is -2.34. The predicted octanol–water partition coefficient (Wildman–Crippen LogP) is 1.41. The SMILES string of the molecule is C[C@@H]1COCCN1C(=O)C1=NN(Cc2ccccc2)C(=O)CC1. The lowest BCUT2D eigenvalue weighted by molar-refractivity contribution is -0.134. The zero-order valence-corrected chi connectivity index (χ0v) is 13.3. The van der Waals surface area contributed by atoms with Gasteiger partial charge >= 0.3 is 0 Å². The van der Waals surface area contributed by atoms with E-state index in [1.807, 2.05) is 37.3 Å². The molecule has 2 amide bonds. The molecule has 0 unspecified atom stereocenters. The Morgan fingerprint density at radius 3 is 2.83 bits per heavy atom. The summed E-state index contributed by atoms with van der Waals surface area (Å²) in [6.07, 6.45) is 0.739. The predicted molar refractivity (Wildman–Crippen MR) is 85.7 cm³/mol. The highest BCUT2D eigenvalue weighted by Crippen LogP contribution is 2.16. The first-order valence-corrected chi connectivity index (χ1v) is 7.95. The van der Waals surface area contributed by atoms with Gasteiger partial charge in [-0.3, -0.25) is 9.59 Å². The largest absolute Gasteiger partial charge is 0.377 e. The van der Waals surface area contributed by atoms with Crippen LogP contribution >= 0.6 is 0 Å². The third kappa shape index (κ3) is 3.59. The number of nitrogens with zero attached hydrogens (tertiary/aromatic N) is 3. The molecule has 1 fully saturated rings.